The summed E-state index contributed by atoms with van der Waals surface area (Å²) in [5.41, 5.74) is 5.00. The Bertz CT molecular complexity index is 1610. The summed E-state index contributed by atoms with van der Waals surface area (Å²) < 4.78 is 6.91. The average Bonchev–Trinajstić information content (AvgIpc) is 3.38. The number of ether oxygens (including phenoxy) is 1. The fourth-order valence-electron chi connectivity index (χ4n) is 4.55. The minimum absolute atomic E-state index is 0.147. The van der Waals surface area contributed by atoms with Crippen LogP contribution in [0.15, 0.2) is 77.6 Å². The van der Waals surface area contributed by atoms with Crippen molar-refractivity contribution < 1.29 is 9.53 Å². The molecule has 2 heterocycles. The maximum atomic E-state index is 14.0. The molecule has 0 spiro atoms. The van der Waals surface area contributed by atoms with Crippen molar-refractivity contribution in [2.75, 3.05) is 7.11 Å². The number of ketones is 1. The van der Waals surface area contributed by atoms with E-state index in [1.165, 1.54) is 10.7 Å². The van der Waals surface area contributed by atoms with Gasteiger partial charge in [-0.05, 0) is 79.6 Å². The summed E-state index contributed by atoms with van der Waals surface area (Å²) in [6.45, 7) is 3.90. The lowest BCUT2D eigenvalue weighted by Gasteiger charge is -2.16. The Morgan fingerprint density at radius 3 is 2.49 bits per heavy atom. The van der Waals surface area contributed by atoms with Crippen LogP contribution < -0.4 is 10.3 Å². The number of carbonyl (C=O) groups is 1. The van der Waals surface area contributed by atoms with Crippen molar-refractivity contribution in [2.45, 2.75) is 19.8 Å². The van der Waals surface area contributed by atoms with E-state index in [1.54, 1.807) is 31.4 Å². The number of hydrogen-bond acceptors (Lipinski definition) is 3. The Morgan fingerprint density at radius 2 is 1.77 bits per heavy atom. The maximum absolute atomic E-state index is 14.0. The molecule has 35 heavy (non-hydrogen) atoms. The minimum atomic E-state index is -0.754. The molecule has 0 amide bonds. The van der Waals surface area contributed by atoms with E-state index in [-0.39, 0.29) is 11.3 Å². The normalized spacial score (nSPS) is 12.1. The SMILES string of the molecule is COc1ccc2[nH]c(C)c(C(C(=O)c3ccc(Cl)cc3)c3cc(=O)n(-c4cccc(C)c4)[nH]3)c2c1. The van der Waals surface area contributed by atoms with E-state index in [2.05, 4.69) is 10.1 Å². The first kappa shape index (κ1) is 22.7. The molecule has 5 aromatic rings. The van der Waals surface area contributed by atoms with Crippen molar-refractivity contribution in [1.82, 2.24) is 14.8 Å². The van der Waals surface area contributed by atoms with Crippen LogP contribution in [0.25, 0.3) is 16.6 Å². The number of aromatic nitrogens is 3. The average molecular weight is 486 g/mol. The van der Waals surface area contributed by atoms with Crippen LogP contribution >= 0.6 is 11.6 Å². The van der Waals surface area contributed by atoms with E-state index in [0.717, 1.165) is 27.7 Å². The van der Waals surface area contributed by atoms with Gasteiger partial charge in [0, 0.05) is 33.2 Å². The second-order valence-electron chi connectivity index (χ2n) is 8.60. The molecule has 2 aromatic heterocycles. The van der Waals surface area contributed by atoms with Crippen LogP contribution in [0.4, 0.5) is 0 Å². The summed E-state index contributed by atoms with van der Waals surface area (Å²) in [4.78, 5) is 30.4. The molecule has 1 atom stereocenters. The summed E-state index contributed by atoms with van der Waals surface area (Å²) in [7, 11) is 1.61. The van der Waals surface area contributed by atoms with Crippen LogP contribution in [0.5, 0.6) is 5.75 Å². The molecule has 0 aliphatic rings. The summed E-state index contributed by atoms with van der Waals surface area (Å²) in [5, 5.41) is 4.61. The quantitative estimate of drug-likeness (QED) is 0.292. The topological polar surface area (TPSA) is 79.9 Å². The van der Waals surface area contributed by atoms with E-state index in [0.29, 0.717) is 27.7 Å². The molecule has 5 rings (SSSR count). The molecular formula is C28H24ClN3O3. The van der Waals surface area contributed by atoms with Gasteiger partial charge in [0.2, 0.25) is 0 Å². The number of carbonyl (C=O) groups excluding carboxylic acids is 1. The molecule has 1 unspecified atom stereocenters. The Hall–Kier alpha value is -4.03. The highest BCUT2D eigenvalue weighted by Gasteiger charge is 2.31. The molecule has 0 radical (unpaired) electrons. The predicted molar refractivity (Wildman–Crippen MR) is 138 cm³/mol. The van der Waals surface area contributed by atoms with Crippen molar-refractivity contribution in [1.29, 1.82) is 0 Å². The highest BCUT2D eigenvalue weighted by Crippen LogP contribution is 2.37. The van der Waals surface area contributed by atoms with Crippen molar-refractivity contribution in [3.63, 3.8) is 0 Å². The van der Waals surface area contributed by atoms with E-state index >= 15 is 0 Å². The monoisotopic (exact) mass is 485 g/mol. The van der Waals surface area contributed by atoms with Crippen LogP contribution in [-0.2, 0) is 0 Å². The van der Waals surface area contributed by atoms with Gasteiger partial charge in [0.1, 0.15) is 5.75 Å². The molecular weight excluding hydrogens is 462 g/mol. The number of rotatable bonds is 6. The van der Waals surface area contributed by atoms with E-state index in [4.69, 9.17) is 16.3 Å². The Labute approximate surface area is 207 Å². The third kappa shape index (κ3) is 4.17. The molecule has 7 heteroatoms. The van der Waals surface area contributed by atoms with Crippen LogP contribution in [0.2, 0.25) is 5.02 Å². The van der Waals surface area contributed by atoms with Gasteiger partial charge in [0.05, 0.1) is 24.4 Å². The van der Waals surface area contributed by atoms with Crippen LogP contribution in [0, 0.1) is 13.8 Å². The number of nitrogens with zero attached hydrogens (tertiary/aromatic N) is 1. The number of Topliss-reactive ketones (excluding diaryl/α,β-unsaturated/α-hetero) is 1. The summed E-state index contributed by atoms with van der Waals surface area (Å²) >= 11 is 6.07. The number of H-pyrrole nitrogens is 2. The first-order valence-electron chi connectivity index (χ1n) is 11.2. The van der Waals surface area contributed by atoms with Gasteiger partial charge in [0.25, 0.3) is 5.56 Å². The smallest absolute Gasteiger partial charge is 0.271 e. The molecule has 176 valence electrons. The van der Waals surface area contributed by atoms with Gasteiger partial charge in [-0.1, -0.05) is 23.7 Å². The lowest BCUT2D eigenvalue weighted by atomic mass is 9.86. The van der Waals surface area contributed by atoms with Crippen LogP contribution in [-0.4, -0.2) is 27.7 Å². The van der Waals surface area contributed by atoms with E-state index < -0.39 is 5.92 Å². The van der Waals surface area contributed by atoms with Crippen LogP contribution in [0.1, 0.15) is 38.8 Å². The van der Waals surface area contributed by atoms with E-state index in [1.807, 2.05) is 56.3 Å². The van der Waals surface area contributed by atoms with Crippen LogP contribution in [0.3, 0.4) is 0 Å². The molecule has 0 saturated heterocycles. The molecule has 0 saturated carbocycles. The number of aryl methyl sites for hydroxylation is 2. The maximum Gasteiger partial charge on any atom is 0.271 e. The zero-order valence-electron chi connectivity index (χ0n) is 19.6. The Morgan fingerprint density at radius 1 is 1.00 bits per heavy atom. The second-order valence-corrected chi connectivity index (χ2v) is 9.04. The van der Waals surface area contributed by atoms with Crippen molar-refractivity contribution in [2.24, 2.45) is 0 Å². The molecule has 6 nitrogen and oxygen atoms in total. The van der Waals surface area contributed by atoms with Crippen molar-refractivity contribution >= 4 is 28.3 Å². The molecule has 0 fully saturated rings. The fourth-order valence-corrected chi connectivity index (χ4v) is 4.68. The second kappa shape index (κ2) is 8.96. The van der Waals surface area contributed by atoms with Gasteiger partial charge in [-0.3, -0.25) is 14.7 Å². The number of aromatic amines is 2. The zero-order chi connectivity index (χ0) is 24.7. The third-order valence-corrected chi connectivity index (χ3v) is 6.49. The van der Waals surface area contributed by atoms with Gasteiger partial charge in [-0.2, -0.15) is 0 Å². The molecule has 0 bridgehead atoms. The van der Waals surface area contributed by atoms with Gasteiger partial charge >= 0.3 is 0 Å². The lowest BCUT2D eigenvalue weighted by Crippen LogP contribution is -2.16. The standard InChI is InChI=1S/C28H24ClN3O3/c1-16-5-4-6-20(13-16)32-25(33)15-24(31-32)27(28(34)18-7-9-19(29)10-8-18)26-17(2)30-23-12-11-21(35-3)14-22(23)26/h4-15,27,30-31H,1-3H3. The summed E-state index contributed by atoms with van der Waals surface area (Å²) in [6.07, 6.45) is 0. The lowest BCUT2D eigenvalue weighted by molar-refractivity contribution is 0.0972. The Kier molecular flexibility index (Phi) is 5.83. The highest BCUT2D eigenvalue weighted by molar-refractivity contribution is 6.30. The third-order valence-electron chi connectivity index (χ3n) is 6.23. The largest absolute Gasteiger partial charge is 0.497 e. The summed E-state index contributed by atoms with van der Waals surface area (Å²) in [6, 6.07) is 21.6. The summed E-state index contributed by atoms with van der Waals surface area (Å²) in [5.74, 6) is -0.219. The number of halogens is 1. The molecule has 0 aliphatic carbocycles. The highest BCUT2D eigenvalue weighted by atomic mass is 35.5. The number of fused-ring (bicyclic) bond motifs is 1. The van der Waals surface area contributed by atoms with Crippen molar-refractivity contribution in [3.8, 4) is 11.4 Å². The van der Waals surface area contributed by atoms with Gasteiger partial charge in [-0.25, -0.2) is 4.68 Å². The molecule has 3 aromatic carbocycles. The number of methoxy groups -OCH3 is 1. The van der Waals surface area contributed by atoms with E-state index in [9.17, 15) is 9.59 Å². The predicted octanol–water partition coefficient (Wildman–Crippen LogP) is 5.94. The number of nitrogens with one attached hydrogen (secondary N) is 2. The van der Waals surface area contributed by atoms with Crippen molar-refractivity contribution in [3.05, 3.63) is 116 Å². The Balaban J connectivity index is 1.74. The first-order chi connectivity index (χ1) is 16.9. The number of hydrogen-bond donors (Lipinski definition) is 2. The first-order valence-corrected chi connectivity index (χ1v) is 11.6. The van der Waals surface area contributed by atoms with Gasteiger partial charge in [-0.15, -0.1) is 0 Å². The zero-order valence-corrected chi connectivity index (χ0v) is 20.3. The fraction of sp³-hybridized carbons (Fsp3) is 0.143. The number of benzene rings is 3. The molecule has 0 aliphatic heterocycles. The van der Waals surface area contributed by atoms with Gasteiger partial charge in [0.15, 0.2) is 5.78 Å². The minimum Gasteiger partial charge on any atom is -0.497 e. The molecule has 2 N–H and O–H groups in total. The van der Waals surface area contributed by atoms with Gasteiger partial charge < -0.3 is 9.72 Å².